The van der Waals surface area contributed by atoms with Gasteiger partial charge in [0.2, 0.25) is 5.95 Å². The second-order valence-electron chi connectivity index (χ2n) is 6.03. The number of hydrogen-bond acceptors (Lipinski definition) is 4. The van der Waals surface area contributed by atoms with Crippen LogP contribution in [0.4, 0.5) is 5.95 Å². The maximum Gasteiger partial charge on any atom is 0.225 e. The van der Waals surface area contributed by atoms with Gasteiger partial charge in [0, 0.05) is 43.4 Å². The van der Waals surface area contributed by atoms with Gasteiger partial charge in [-0.25, -0.2) is 15.0 Å². The molecule has 1 atom stereocenters. The van der Waals surface area contributed by atoms with Crippen LogP contribution >= 0.6 is 0 Å². The molecular formula is C16H23N5. The fourth-order valence-electron chi connectivity index (χ4n) is 3.12. The number of imidazole rings is 1. The van der Waals surface area contributed by atoms with Crippen LogP contribution in [0.25, 0.3) is 0 Å². The van der Waals surface area contributed by atoms with Gasteiger partial charge in [-0.1, -0.05) is 0 Å². The largest absolute Gasteiger partial charge is 0.340 e. The van der Waals surface area contributed by atoms with Crippen molar-refractivity contribution in [2.45, 2.75) is 40.2 Å². The highest BCUT2D eigenvalue weighted by Gasteiger charge is 2.22. The standard InChI is InChI=1S/C16H23N5/c1-12-9-13(2)19-16(18-12)21-7-4-5-15(11-21)10-20-8-6-17-14(20)3/h6,8-9,15H,4-5,7,10-11H2,1-3H3/t15-/m0/s1. The number of aryl methyl sites for hydroxylation is 3. The smallest absolute Gasteiger partial charge is 0.225 e. The molecule has 1 saturated heterocycles. The first-order valence-corrected chi connectivity index (χ1v) is 7.67. The molecule has 5 heteroatoms. The first-order chi connectivity index (χ1) is 10.1. The van der Waals surface area contributed by atoms with Crippen LogP contribution in [0.15, 0.2) is 18.5 Å². The summed E-state index contributed by atoms with van der Waals surface area (Å²) < 4.78 is 2.25. The van der Waals surface area contributed by atoms with Gasteiger partial charge < -0.3 is 9.47 Å². The normalized spacial score (nSPS) is 19.0. The third-order valence-electron chi connectivity index (χ3n) is 4.15. The van der Waals surface area contributed by atoms with Crippen LogP contribution < -0.4 is 4.90 Å². The van der Waals surface area contributed by atoms with Gasteiger partial charge in [-0.15, -0.1) is 0 Å². The molecule has 1 aliphatic rings. The molecule has 0 bridgehead atoms. The van der Waals surface area contributed by atoms with Gasteiger partial charge in [0.1, 0.15) is 5.82 Å². The summed E-state index contributed by atoms with van der Waals surface area (Å²) >= 11 is 0. The van der Waals surface area contributed by atoms with Crippen molar-refractivity contribution in [2.75, 3.05) is 18.0 Å². The highest BCUT2D eigenvalue weighted by Crippen LogP contribution is 2.22. The van der Waals surface area contributed by atoms with Gasteiger partial charge in [0.25, 0.3) is 0 Å². The van der Waals surface area contributed by atoms with Gasteiger partial charge in [-0.05, 0) is 45.6 Å². The predicted molar refractivity (Wildman–Crippen MR) is 83.4 cm³/mol. The van der Waals surface area contributed by atoms with Crippen LogP contribution in [0.5, 0.6) is 0 Å². The Balaban J connectivity index is 1.72. The molecule has 3 heterocycles. The monoisotopic (exact) mass is 285 g/mol. The van der Waals surface area contributed by atoms with Gasteiger partial charge >= 0.3 is 0 Å². The molecule has 0 N–H and O–H groups in total. The molecule has 0 unspecified atom stereocenters. The van der Waals surface area contributed by atoms with E-state index in [1.807, 2.05) is 26.1 Å². The maximum absolute atomic E-state index is 4.60. The topological polar surface area (TPSA) is 46.8 Å². The molecule has 0 aromatic carbocycles. The molecule has 2 aromatic heterocycles. The number of nitrogens with zero attached hydrogens (tertiary/aromatic N) is 5. The Labute approximate surface area is 126 Å². The zero-order valence-electron chi connectivity index (χ0n) is 13.1. The molecule has 0 saturated carbocycles. The molecule has 0 aliphatic carbocycles. The summed E-state index contributed by atoms with van der Waals surface area (Å²) in [5.74, 6) is 2.62. The highest BCUT2D eigenvalue weighted by atomic mass is 15.3. The molecule has 1 fully saturated rings. The second-order valence-corrected chi connectivity index (χ2v) is 6.03. The van der Waals surface area contributed by atoms with Crippen molar-refractivity contribution >= 4 is 5.95 Å². The fraction of sp³-hybridized carbons (Fsp3) is 0.562. The van der Waals surface area contributed by atoms with E-state index in [9.17, 15) is 0 Å². The third kappa shape index (κ3) is 3.23. The quantitative estimate of drug-likeness (QED) is 0.869. The van der Waals surface area contributed by atoms with Crippen molar-refractivity contribution in [3.8, 4) is 0 Å². The number of aromatic nitrogens is 4. The summed E-state index contributed by atoms with van der Waals surface area (Å²) in [4.78, 5) is 15.8. The van der Waals surface area contributed by atoms with Crippen molar-refractivity contribution in [3.05, 3.63) is 35.7 Å². The van der Waals surface area contributed by atoms with E-state index in [0.717, 1.165) is 42.8 Å². The minimum absolute atomic E-state index is 0.635. The third-order valence-corrected chi connectivity index (χ3v) is 4.15. The molecule has 0 amide bonds. The summed E-state index contributed by atoms with van der Waals surface area (Å²) in [7, 11) is 0. The average molecular weight is 285 g/mol. The Bertz CT molecular complexity index is 599. The number of piperidine rings is 1. The molecule has 0 radical (unpaired) electrons. The maximum atomic E-state index is 4.60. The Morgan fingerprint density at radius 3 is 2.62 bits per heavy atom. The lowest BCUT2D eigenvalue weighted by Crippen LogP contribution is -2.38. The van der Waals surface area contributed by atoms with E-state index in [1.165, 1.54) is 12.8 Å². The number of rotatable bonds is 3. The Morgan fingerprint density at radius 1 is 1.19 bits per heavy atom. The molecular weight excluding hydrogens is 262 g/mol. The zero-order chi connectivity index (χ0) is 14.8. The summed E-state index contributed by atoms with van der Waals surface area (Å²) in [5.41, 5.74) is 2.09. The van der Waals surface area contributed by atoms with E-state index in [0.29, 0.717) is 5.92 Å². The van der Waals surface area contributed by atoms with E-state index in [4.69, 9.17) is 0 Å². The van der Waals surface area contributed by atoms with Crippen LogP contribution in [0.1, 0.15) is 30.1 Å². The number of anilines is 1. The van der Waals surface area contributed by atoms with Gasteiger partial charge in [0.15, 0.2) is 0 Å². The minimum atomic E-state index is 0.635. The van der Waals surface area contributed by atoms with Crippen molar-refractivity contribution in [1.82, 2.24) is 19.5 Å². The fourth-order valence-corrected chi connectivity index (χ4v) is 3.12. The van der Waals surface area contributed by atoms with Crippen LogP contribution in [0.2, 0.25) is 0 Å². The van der Waals surface area contributed by atoms with Gasteiger partial charge in [-0.2, -0.15) is 0 Å². The van der Waals surface area contributed by atoms with Crippen LogP contribution in [0.3, 0.4) is 0 Å². The Kier molecular flexibility index (Phi) is 3.90. The Morgan fingerprint density at radius 2 is 1.95 bits per heavy atom. The molecule has 2 aromatic rings. The van der Waals surface area contributed by atoms with E-state index >= 15 is 0 Å². The zero-order valence-corrected chi connectivity index (χ0v) is 13.1. The van der Waals surface area contributed by atoms with Gasteiger partial charge in [0.05, 0.1) is 0 Å². The summed E-state index contributed by atoms with van der Waals surface area (Å²) in [6.07, 6.45) is 6.41. The molecule has 5 nitrogen and oxygen atoms in total. The van der Waals surface area contributed by atoms with Crippen molar-refractivity contribution < 1.29 is 0 Å². The van der Waals surface area contributed by atoms with E-state index in [2.05, 4.69) is 37.5 Å². The summed E-state index contributed by atoms with van der Waals surface area (Å²) in [5, 5.41) is 0. The second kappa shape index (κ2) is 5.84. The SMILES string of the molecule is Cc1cc(C)nc(N2CCC[C@@H](Cn3ccnc3C)C2)n1. The summed E-state index contributed by atoms with van der Waals surface area (Å²) in [6.45, 7) is 9.26. The Hall–Kier alpha value is -1.91. The summed E-state index contributed by atoms with van der Waals surface area (Å²) in [6, 6.07) is 2.03. The first kappa shape index (κ1) is 14.0. The van der Waals surface area contributed by atoms with Crippen LogP contribution in [-0.4, -0.2) is 32.6 Å². The van der Waals surface area contributed by atoms with E-state index in [-0.39, 0.29) is 0 Å². The van der Waals surface area contributed by atoms with Crippen molar-refractivity contribution in [2.24, 2.45) is 5.92 Å². The number of hydrogen-bond donors (Lipinski definition) is 0. The molecule has 21 heavy (non-hydrogen) atoms. The van der Waals surface area contributed by atoms with Gasteiger partial charge in [-0.3, -0.25) is 0 Å². The van der Waals surface area contributed by atoms with E-state index in [1.54, 1.807) is 0 Å². The van der Waals surface area contributed by atoms with Crippen molar-refractivity contribution in [3.63, 3.8) is 0 Å². The lowest BCUT2D eigenvalue weighted by molar-refractivity contribution is 0.361. The molecule has 0 spiro atoms. The van der Waals surface area contributed by atoms with Crippen LogP contribution in [-0.2, 0) is 6.54 Å². The van der Waals surface area contributed by atoms with Crippen molar-refractivity contribution in [1.29, 1.82) is 0 Å². The highest BCUT2D eigenvalue weighted by molar-refractivity contribution is 5.32. The molecule has 1 aliphatic heterocycles. The molecule has 3 rings (SSSR count). The van der Waals surface area contributed by atoms with E-state index < -0.39 is 0 Å². The minimum Gasteiger partial charge on any atom is -0.340 e. The average Bonchev–Trinajstić information content (AvgIpc) is 2.84. The molecule has 112 valence electrons. The lowest BCUT2D eigenvalue weighted by Gasteiger charge is -2.33. The van der Waals surface area contributed by atoms with Crippen LogP contribution in [0, 0.1) is 26.7 Å². The lowest BCUT2D eigenvalue weighted by atomic mass is 9.98. The predicted octanol–water partition coefficient (Wildman–Crippen LogP) is 2.51. The first-order valence-electron chi connectivity index (χ1n) is 7.67.